The molecular weight excluding hydrogens is 260 g/mol. The number of allylic oxidation sites excluding steroid dienone is 1. The third-order valence-electron chi connectivity index (χ3n) is 4.72. The van der Waals surface area contributed by atoms with Crippen LogP contribution in [0.25, 0.3) is 0 Å². The van der Waals surface area contributed by atoms with Crippen molar-refractivity contribution < 1.29 is 24.5 Å². The molecule has 2 bridgehead atoms. The summed E-state index contributed by atoms with van der Waals surface area (Å²) >= 11 is 0. The predicted octanol–water partition coefficient (Wildman–Crippen LogP) is 1.54. The van der Waals surface area contributed by atoms with Gasteiger partial charge in [0.05, 0.1) is 13.0 Å². The Labute approximate surface area is 118 Å². The van der Waals surface area contributed by atoms with Crippen LogP contribution in [-0.2, 0) is 14.3 Å². The number of carboxylic acids is 1. The third kappa shape index (κ3) is 2.19. The van der Waals surface area contributed by atoms with E-state index in [9.17, 15) is 14.7 Å². The Hall–Kier alpha value is -1.20. The molecule has 5 heteroatoms. The molecule has 0 radical (unpaired) electrons. The first-order valence-electron chi connectivity index (χ1n) is 6.91. The van der Waals surface area contributed by atoms with Crippen LogP contribution in [0.1, 0.15) is 40.0 Å². The molecule has 20 heavy (non-hydrogen) atoms. The molecule has 2 rings (SSSR count). The maximum absolute atomic E-state index is 11.8. The van der Waals surface area contributed by atoms with Gasteiger partial charge in [-0.1, -0.05) is 26.0 Å². The van der Waals surface area contributed by atoms with E-state index < -0.39 is 22.6 Å². The van der Waals surface area contributed by atoms with Crippen LogP contribution in [0, 0.1) is 11.3 Å². The standard InChI is InChI=1S/C15H22O5/c1-10(6-12(17)18)4-5-15(19)13(2)7-11(16)8-14(15,3)20-9-13/h4-5,10,19H,6-9H2,1-3H3,(H,17,18)/b5-4+/t10-,13-,14-,15+/m1/s1. The molecule has 2 N–H and O–H groups in total. The third-order valence-corrected chi connectivity index (χ3v) is 4.72. The van der Waals surface area contributed by atoms with Crippen molar-refractivity contribution in [3.63, 3.8) is 0 Å². The van der Waals surface area contributed by atoms with Crippen molar-refractivity contribution >= 4 is 11.8 Å². The van der Waals surface area contributed by atoms with E-state index in [0.29, 0.717) is 6.61 Å². The Morgan fingerprint density at radius 3 is 2.65 bits per heavy atom. The molecule has 0 spiro atoms. The number of aliphatic hydroxyl groups is 1. The van der Waals surface area contributed by atoms with Crippen LogP contribution in [0.2, 0.25) is 0 Å². The monoisotopic (exact) mass is 282 g/mol. The first-order chi connectivity index (χ1) is 9.12. The Bertz CT molecular complexity index is 447. The molecule has 4 atom stereocenters. The average molecular weight is 282 g/mol. The van der Waals surface area contributed by atoms with E-state index in [4.69, 9.17) is 9.84 Å². The van der Waals surface area contributed by atoms with Crippen molar-refractivity contribution in [1.29, 1.82) is 0 Å². The summed E-state index contributed by atoms with van der Waals surface area (Å²) in [6.45, 7) is 5.72. The number of rotatable bonds is 4. The number of carbonyl (C=O) groups excluding carboxylic acids is 1. The van der Waals surface area contributed by atoms with Gasteiger partial charge in [0, 0.05) is 18.3 Å². The minimum absolute atomic E-state index is 0.0137. The summed E-state index contributed by atoms with van der Waals surface area (Å²) in [7, 11) is 0. The van der Waals surface area contributed by atoms with E-state index in [-0.39, 0.29) is 31.0 Å². The van der Waals surface area contributed by atoms with E-state index in [0.717, 1.165) is 0 Å². The second-order valence-electron chi connectivity index (χ2n) is 6.67. The topological polar surface area (TPSA) is 83.8 Å². The fourth-order valence-corrected chi connectivity index (χ4v) is 3.45. The van der Waals surface area contributed by atoms with Gasteiger partial charge in [-0.2, -0.15) is 0 Å². The molecule has 5 nitrogen and oxygen atoms in total. The van der Waals surface area contributed by atoms with Crippen molar-refractivity contribution in [2.24, 2.45) is 11.3 Å². The maximum Gasteiger partial charge on any atom is 0.303 e. The lowest BCUT2D eigenvalue weighted by atomic mass is 9.59. The molecule has 1 saturated heterocycles. The van der Waals surface area contributed by atoms with Gasteiger partial charge in [0.15, 0.2) is 0 Å². The van der Waals surface area contributed by atoms with Gasteiger partial charge < -0.3 is 14.9 Å². The number of fused-ring (bicyclic) bond motifs is 2. The van der Waals surface area contributed by atoms with E-state index in [1.165, 1.54) is 0 Å². The van der Waals surface area contributed by atoms with Crippen LogP contribution in [-0.4, -0.2) is 39.8 Å². The second kappa shape index (κ2) is 4.67. The molecule has 2 aliphatic rings. The van der Waals surface area contributed by atoms with Crippen LogP contribution in [0.5, 0.6) is 0 Å². The lowest BCUT2D eigenvalue weighted by Crippen LogP contribution is -2.60. The number of aliphatic carboxylic acids is 1. The Morgan fingerprint density at radius 1 is 1.45 bits per heavy atom. The van der Waals surface area contributed by atoms with Crippen LogP contribution < -0.4 is 0 Å². The number of ether oxygens (including phenoxy) is 1. The number of ketones is 1. The number of carboxylic acid groups (broad SMARTS) is 1. The molecule has 0 aromatic carbocycles. The van der Waals surface area contributed by atoms with Crippen LogP contribution in [0.3, 0.4) is 0 Å². The van der Waals surface area contributed by atoms with Crippen molar-refractivity contribution in [3.05, 3.63) is 12.2 Å². The molecule has 0 unspecified atom stereocenters. The summed E-state index contributed by atoms with van der Waals surface area (Å²) in [6.07, 6.45) is 3.86. The van der Waals surface area contributed by atoms with Gasteiger partial charge in [0.1, 0.15) is 17.0 Å². The molecule has 112 valence electrons. The summed E-state index contributed by atoms with van der Waals surface area (Å²) in [4.78, 5) is 22.5. The summed E-state index contributed by atoms with van der Waals surface area (Å²) in [5.74, 6) is -0.950. The zero-order valence-corrected chi connectivity index (χ0v) is 12.2. The quantitative estimate of drug-likeness (QED) is 0.764. The lowest BCUT2D eigenvalue weighted by molar-refractivity contribution is -0.151. The smallest absolute Gasteiger partial charge is 0.303 e. The van der Waals surface area contributed by atoms with Gasteiger partial charge in [-0.25, -0.2) is 0 Å². The zero-order chi connectivity index (χ0) is 15.2. The minimum Gasteiger partial charge on any atom is -0.481 e. The maximum atomic E-state index is 11.8. The number of hydrogen-bond donors (Lipinski definition) is 2. The van der Waals surface area contributed by atoms with Crippen molar-refractivity contribution in [2.75, 3.05) is 6.61 Å². The summed E-state index contributed by atoms with van der Waals surface area (Å²) in [6, 6.07) is 0. The van der Waals surface area contributed by atoms with Crippen LogP contribution >= 0.6 is 0 Å². The number of hydrogen-bond acceptors (Lipinski definition) is 4. The molecule has 2 fully saturated rings. The molecule has 1 heterocycles. The largest absolute Gasteiger partial charge is 0.481 e. The normalized spacial score (nSPS) is 42.1. The predicted molar refractivity (Wildman–Crippen MR) is 72.2 cm³/mol. The van der Waals surface area contributed by atoms with Crippen LogP contribution in [0.15, 0.2) is 12.2 Å². The summed E-state index contributed by atoms with van der Waals surface area (Å²) < 4.78 is 5.73. The molecule has 0 aromatic heterocycles. The zero-order valence-electron chi connectivity index (χ0n) is 12.2. The summed E-state index contributed by atoms with van der Waals surface area (Å²) in [5.41, 5.74) is -2.80. The highest BCUT2D eigenvalue weighted by Gasteiger charge is 2.67. The van der Waals surface area contributed by atoms with Gasteiger partial charge in [0.2, 0.25) is 0 Å². The average Bonchev–Trinajstić information content (AvgIpc) is 2.43. The molecule has 1 aliphatic carbocycles. The fourth-order valence-electron chi connectivity index (χ4n) is 3.45. The van der Waals surface area contributed by atoms with Gasteiger partial charge in [-0.15, -0.1) is 0 Å². The SMILES string of the molecule is C[C@H](/C=C/[C@]1(O)[C@@]2(C)CO[C@]1(C)CC(=O)C2)CC(=O)O. The minimum atomic E-state index is -1.24. The molecule has 1 aliphatic heterocycles. The first kappa shape index (κ1) is 15.2. The van der Waals surface area contributed by atoms with Gasteiger partial charge >= 0.3 is 5.97 Å². The van der Waals surface area contributed by atoms with Crippen molar-refractivity contribution in [1.82, 2.24) is 0 Å². The highest BCUT2D eigenvalue weighted by Crippen LogP contribution is 2.56. The van der Waals surface area contributed by atoms with Crippen LogP contribution in [0.4, 0.5) is 0 Å². The van der Waals surface area contributed by atoms with E-state index in [1.54, 1.807) is 26.0 Å². The molecule has 0 aromatic rings. The number of Topliss-reactive ketones (excluding diaryl/α,β-unsaturated/α-hetero) is 1. The fraction of sp³-hybridized carbons (Fsp3) is 0.733. The van der Waals surface area contributed by atoms with Crippen molar-refractivity contribution in [3.8, 4) is 0 Å². The first-order valence-corrected chi connectivity index (χ1v) is 6.91. The Morgan fingerprint density at radius 2 is 2.10 bits per heavy atom. The second-order valence-corrected chi connectivity index (χ2v) is 6.67. The molecular formula is C15H22O5. The van der Waals surface area contributed by atoms with E-state index >= 15 is 0 Å². The van der Waals surface area contributed by atoms with E-state index in [1.807, 2.05) is 6.92 Å². The lowest BCUT2D eigenvalue weighted by Gasteiger charge is -2.47. The highest BCUT2D eigenvalue weighted by atomic mass is 16.5. The van der Waals surface area contributed by atoms with Gasteiger partial charge in [0.25, 0.3) is 0 Å². The molecule has 1 saturated carbocycles. The highest BCUT2D eigenvalue weighted by molar-refractivity contribution is 5.83. The van der Waals surface area contributed by atoms with Crippen molar-refractivity contribution in [2.45, 2.75) is 51.2 Å². The Kier molecular flexibility index (Phi) is 3.55. The number of carbonyl (C=O) groups is 2. The van der Waals surface area contributed by atoms with E-state index in [2.05, 4.69) is 0 Å². The van der Waals surface area contributed by atoms with Gasteiger partial charge in [-0.05, 0) is 12.8 Å². The molecule has 0 amide bonds. The Balaban J connectivity index is 2.27. The summed E-state index contributed by atoms with van der Waals surface area (Å²) in [5, 5.41) is 19.9. The van der Waals surface area contributed by atoms with Gasteiger partial charge in [-0.3, -0.25) is 9.59 Å².